The van der Waals surface area contributed by atoms with Gasteiger partial charge in [0.15, 0.2) is 5.69 Å². The first-order valence-electron chi connectivity index (χ1n) is 11.9. The second kappa shape index (κ2) is 10.2. The number of hydrogen-bond acceptors (Lipinski definition) is 5. The number of carbonyl (C=O) groups is 2. The first kappa shape index (κ1) is 23.5. The molecule has 0 spiro atoms. The highest BCUT2D eigenvalue weighted by Crippen LogP contribution is 2.28. The molecule has 8 nitrogen and oxygen atoms in total. The Balaban J connectivity index is 1.15. The third-order valence-electron chi connectivity index (χ3n) is 6.78. The minimum atomic E-state index is -0.149. The molecule has 1 aromatic heterocycles. The van der Waals surface area contributed by atoms with Crippen molar-refractivity contribution in [3.05, 3.63) is 81.6 Å². The molecule has 0 aliphatic carbocycles. The summed E-state index contributed by atoms with van der Waals surface area (Å²) in [6.45, 7) is 4.35. The monoisotopic (exact) mass is 493 g/mol. The fourth-order valence-electron chi connectivity index (χ4n) is 4.59. The van der Waals surface area contributed by atoms with E-state index < -0.39 is 0 Å². The standard InChI is InChI=1S/C26H28ClN5O3/c1-17-2-6-19(7-3-17)23-15-32-22(16-35-23)24(29-30-32)26(34)31-12-10-20(11-13-31)25(33)28-14-18-4-8-21(27)9-5-18/h2-9,20,23H,10-16H2,1H3,(H,28,33)/t23-/m0/s1. The topological polar surface area (TPSA) is 89.4 Å². The number of amides is 2. The number of carbonyl (C=O) groups excluding carboxylic acids is 2. The van der Waals surface area contributed by atoms with Gasteiger partial charge in [0.2, 0.25) is 5.91 Å². The number of aryl methyl sites for hydroxylation is 1. The molecule has 1 atom stereocenters. The van der Waals surface area contributed by atoms with E-state index in [1.165, 1.54) is 5.56 Å². The van der Waals surface area contributed by atoms with Crippen molar-refractivity contribution in [2.75, 3.05) is 13.1 Å². The molecule has 0 unspecified atom stereocenters. The molecule has 0 radical (unpaired) electrons. The van der Waals surface area contributed by atoms with E-state index in [2.05, 4.69) is 46.8 Å². The van der Waals surface area contributed by atoms with Gasteiger partial charge in [-0.25, -0.2) is 4.68 Å². The second-order valence-corrected chi connectivity index (χ2v) is 9.62. The van der Waals surface area contributed by atoms with Crippen LogP contribution in [0.25, 0.3) is 0 Å². The van der Waals surface area contributed by atoms with Crippen LogP contribution in [0.5, 0.6) is 0 Å². The van der Waals surface area contributed by atoms with Crippen molar-refractivity contribution in [1.29, 1.82) is 0 Å². The van der Waals surface area contributed by atoms with Crippen molar-refractivity contribution in [3.8, 4) is 0 Å². The van der Waals surface area contributed by atoms with Crippen molar-refractivity contribution < 1.29 is 14.3 Å². The van der Waals surface area contributed by atoms with Gasteiger partial charge >= 0.3 is 0 Å². The number of benzene rings is 2. The minimum absolute atomic E-state index is 0.0173. The Kier molecular flexibility index (Phi) is 6.83. The maximum atomic E-state index is 13.2. The fourth-order valence-corrected chi connectivity index (χ4v) is 4.72. The van der Waals surface area contributed by atoms with E-state index in [1.54, 1.807) is 9.58 Å². The smallest absolute Gasteiger partial charge is 0.276 e. The Hall–Kier alpha value is -3.23. The van der Waals surface area contributed by atoms with Gasteiger partial charge in [-0.15, -0.1) is 5.10 Å². The maximum absolute atomic E-state index is 13.2. The summed E-state index contributed by atoms with van der Waals surface area (Å²) in [5.41, 5.74) is 4.33. The normalized spacial score (nSPS) is 18.2. The van der Waals surface area contributed by atoms with Crippen molar-refractivity contribution in [2.24, 2.45) is 5.92 Å². The third kappa shape index (κ3) is 5.23. The van der Waals surface area contributed by atoms with Crippen LogP contribution in [0, 0.1) is 12.8 Å². The predicted molar refractivity (Wildman–Crippen MR) is 131 cm³/mol. The summed E-state index contributed by atoms with van der Waals surface area (Å²) in [5.74, 6) is -0.244. The second-order valence-electron chi connectivity index (χ2n) is 9.19. The van der Waals surface area contributed by atoms with Crippen molar-refractivity contribution in [1.82, 2.24) is 25.2 Å². The average molecular weight is 494 g/mol. The van der Waals surface area contributed by atoms with Gasteiger partial charge in [0, 0.05) is 30.6 Å². The zero-order chi connectivity index (χ0) is 24.4. The molecule has 1 fully saturated rings. The molecular weight excluding hydrogens is 466 g/mol. The summed E-state index contributed by atoms with van der Waals surface area (Å²) >= 11 is 5.91. The first-order valence-corrected chi connectivity index (χ1v) is 12.3. The summed E-state index contributed by atoms with van der Waals surface area (Å²) in [4.78, 5) is 27.6. The lowest BCUT2D eigenvalue weighted by Gasteiger charge is -2.31. The molecule has 1 N–H and O–H groups in total. The van der Waals surface area contributed by atoms with E-state index in [-0.39, 0.29) is 30.4 Å². The third-order valence-corrected chi connectivity index (χ3v) is 7.03. The Bertz CT molecular complexity index is 1200. The van der Waals surface area contributed by atoms with Gasteiger partial charge in [-0.2, -0.15) is 0 Å². The molecule has 2 aliphatic rings. The lowest BCUT2D eigenvalue weighted by Crippen LogP contribution is -2.43. The van der Waals surface area contributed by atoms with Crippen molar-refractivity contribution in [2.45, 2.75) is 45.6 Å². The van der Waals surface area contributed by atoms with E-state index in [1.807, 2.05) is 24.3 Å². The highest BCUT2D eigenvalue weighted by Gasteiger charge is 2.33. The van der Waals surface area contributed by atoms with Gasteiger partial charge in [0.25, 0.3) is 5.91 Å². The SMILES string of the molecule is Cc1ccc([C@@H]2Cn3nnc(C(=O)N4CCC(C(=O)NCc5ccc(Cl)cc5)CC4)c3CO2)cc1. The van der Waals surface area contributed by atoms with Crippen LogP contribution < -0.4 is 5.32 Å². The Morgan fingerprint density at radius 1 is 1.09 bits per heavy atom. The van der Waals surface area contributed by atoms with Gasteiger partial charge in [-0.05, 0) is 43.0 Å². The Morgan fingerprint density at radius 2 is 1.80 bits per heavy atom. The molecule has 9 heteroatoms. The van der Waals surface area contributed by atoms with E-state index in [0.29, 0.717) is 55.4 Å². The number of nitrogens with zero attached hydrogens (tertiary/aromatic N) is 4. The minimum Gasteiger partial charge on any atom is -0.365 e. The van der Waals surface area contributed by atoms with Gasteiger partial charge in [0.1, 0.15) is 6.10 Å². The molecular formula is C26H28ClN5O3. The van der Waals surface area contributed by atoms with E-state index >= 15 is 0 Å². The molecule has 35 heavy (non-hydrogen) atoms. The van der Waals surface area contributed by atoms with E-state index in [4.69, 9.17) is 16.3 Å². The molecule has 3 aromatic rings. The van der Waals surface area contributed by atoms with Crippen LogP contribution >= 0.6 is 11.6 Å². The zero-order valence-corrected chi connectivity index (χ0v) is 20.4. The highest BCUT2D eigenvalue weighted by molar-refractivity contribution is 6.30. The van der Waals surface area contributed by atoms with Crippen LogP contribution in [0.1, 0.15) is 51.8 Å². The number of ether oxygens (including phenoxy) is 1. The quantitative estimate of drug-likeness (QED) is 0.585. The fraction of sp³-hybridized carbons (Fsp3) is 0.385. The predicted octanol–water partition coefficient (Wildman–Crippen LogP) is 3.68. The molecule has 2 aromatic carbocycles. The molecule has 182 valence electrons. The summed E-state index contributed by atoms with van der Waals surface area (Å²) in [6.07, 6.45) is 1.12. The van der Waals surface area contributed by atoms with Crippen LogP contribution in [0.2, 0.25) is 5.02 Å². The molecule has 0 bridgehead atoms. The number of hydrogen-bond donors (Lipinski definition) is 1. The van der Waals surface area contributed by atoms with Gasteiger partial charge in [-0.3, -0.25) is 9.59 Å². The lowest BCUT2D eigenvalue weighted by atomic mass is 9.95. The van der Waals surface area contributed by atoms with E-state index in [0.717, 1.165) is 11.1 Å². The number of nitrogens with one attached hydrogen (secondary N) is 1. The molecule has 1 saturated heterocycles. The zero-order valence-electron chi connectivity index (χ0n) is 19.6. The molecule has 3 heterocycles. The first-order chi connectivity index (χ1) is 17.0. The van der Waals surface area contributed by atoms with Crippen molar-refractivity contribution >= 4 is 23.4 Å². The van der Waals surface area contributed by atoms with Crippen LogP contribution in [-0.4, -0.2) is 44.8 Å². The molecule has 5 rings (SSSR count). The van der Waals surface area contributed by atoms with Crippen LogP contribution in [0.3, 0.4) is 0 Å². The van der Waals surface area contributed by atoms with Gasteiger partial charge in [-0.1, -0.05) is 58.8 Å². The van der Waals surface area contributed by atoms with Gasteiger partial charge < -0.3 is 15.0 Å². The van der Waals surface area contributed by atoms with Gasteiger partial charge in [0.05, 0.1) is 18.8 Å². The lowest BCUT2D eigenvalue weighted by molar-refractivity contribution is -0.126. The summed E-state index contributed by atoms with van der Waals surface area (Å²) in [7, 11) is 0. The number of piperidine rings is 1. The number of fused-ring (bicyclic) bond motifs is 1. The summed E-state index contributed by atoms with van der Waals surface area (Å²) in [5, 5.41) is 12.1. The molecule has 2 amide bonds. The molecule has 2 aliphatic heterocycles. The largest absolute Gasteiger partial charge is 0.365 e. The van der Waals surface area contributed by atoms with Crippen LogP contribution in [-0.2, 0) is 29.2 Å². The summed E-state index contributed by atoms with van der Waals surface area (Å²) in [6, 6.07) is 15.7. The van der Waals surface area contributed by atoms with Crippen molar-refractivity contribution in [3.63, 3.8) is 0 Å². The van der Waals surface area contributed by atoms with Crippen LogP contribution in [0.15, 0.2) is 48.5 Å². The number of rotatable bonds is 5. The average Bonchev–Trinajstić information content (AvgIpc) is 3.31. The summed E-state index contributed by atoms with van der Waals surface area (Å²) < 4.78 is 7.83. The number of halogens is 1. The Morgan fingerprint density at radius 3 is 2.51 bits per heavy atom. The van der Waals surface area contributed by atoms with E-state index in [9.17, 15) is 9.59 Å². The number of aromatic nitrogens is 3. The Labute approximate surface area is 209 Å². The molecule has 0 saturated carbocycles. The number of likely N-dealkylation sites (tertiary alicyclic amines) is 1. The highest BCUT2D eigenvalue weighted by atomic mass is 35.5. The maximum Gasteiger partial charge on any atom is 0.276 e. The van der Waals surface area contributed by atoms with Crippen LogP contribution in [0.4, 0.5) is 0 Å².